The number of esters is 1. The Kier molecular flexibility index (Phi) is 7.14. The van der Waals surface area contributed by atoms with E-state index in [4.69, 9.17) is 21.1 Å². The Morgan fingerprint density at radius 2 is 2.00 bits per heavy atom. The lowest BCUT2D eigenvalue weighted by Gasteiger charge is -2.25. The summed E-state index contributed by atoms with van der Waals surface area (Å²) < 4.78 is 36.8. The van der Waals surface area contributed by atoms with Crippen molar-refractivity contribution < 1.29 is 27.5 Å². The van der Waals surface area contributed by atoms with Crippen LogP contribution in [0.15, 0.2) is 41.4 Å². The molecule has 1 saturated heterocycles. The number of hydrogen-bond acceptors (Lipinski definition) is 6. The van der Waals surface area contributed by atoms with Crippen molar-refractivity contribution in [2.75, 3.05) is 26.3 Å². The Hall–Kier alpha value is -2.40. The van der Waals surface area contributed by atoms with Crippen LogP contribution in [-0.4, -0.2) is 62.0 Å². The third kappa shape index (κ3) is 5.20. The average molecular weight is 456 g/mol. The van der Waals surface area contributed by atoms with Gasteiger partial charge >= 0.3 is 5.97 Å². The maximum Gasteiger partial charge on any atom is 0.355 e. The van der Waals surface area contributed by atoms with Crippen molar-refractivity contribution in [3.05, 3.63) is 52.8 Å². The molecule has 0 aliphatic carbocycles. The molecule has 0 saturated carbocycles. The molecule has 1 aromatic heterocycles. The molecular weight excluding hydrogens is 434 g/mol. The highest BCUT2D eigenvalue weighted by atomic mass is 35.5. The van der Waals surface area contributed by atoms with E-state index in [1.54, 1.807) is 24.3 Å². The first-order valence-corrected chi connectivity index (χ1v) is 11.1. The Bertz CT molecular complexity index is 1020. The summed E-state index contributed by atoms with van der Waals surface area (Å²) in [6, 6.07) is 8.25. The second-order valence-corrected chi connectivity index (χ2v) is 8.97. The van der Waals surface area contributed by atoms with Crippen LogP contribution in [0.4, 0.5) is 0 Å². The summed E-state index contributed by atoms with van der Waals surface area (Å²) in [6.45, 7) is 2.74. The molecular formula is C19H22ClN3O6S. The molecule has 2 heterocycles. The Morgan fingerprint density at radius 1 is 1.30 bits per heavy atom. The van der Waals surface area contributed by atoms with Crippen LogP contribution in [0.1, 0.15) is 23.0 Å². The maximum absolute atomic E-state index is 12.6. The number of aromatic amines is 1. The molecule has 1 atom stereocenters. The van der Waals surface area contributed by atoms with Crippen LogP contribution in [0, 0.1) is 0 Å². The molecule has 1 aliphatic heterocycles. The molecule has 162 valence electrons. The number of amides is 1. The minimum Gasteiger partial charge on any atom is -0.448 e. The first-order chi connectivity index (χ1) is 14.3. The standard InChI is InChI=1S/C19H22ClN3O6S/c1-13(18(24)22-11-14-4-2-3-5-16(14)20)29-19(25)17-10-15(12-21-17)30(26,27)23-6-8-28-9-7-23/h2-5,10,12-13,21H,6-9,11H2,1H3,(H,22,24). The van der Waals surface area contributed by atoms with Gasteiger partial charge in [0, 0.05) is 30.9 Å². The number of morpholine rings is 1. The Morgan fingerprint density at radius 3 is 2.70 bits per heavy atom. The molecule has 11 heteroatoms. The number of carbonyl (C=O) groups is 2. The van der Waals surface area contributed by atoms with Gasteiger partial charge in [-0.25, -0.2) is 13.2 Å². The molecule has 1 aromatic carbocycles. The van der Waals surface area contributed by atoms with Crippen LogP contribution in [0.5, 0.6) is 0 Å². The second kappa shape index (κ2) is 9.61. The predicted molar refractivity (Wildman–Crippen MR) is 109 cm³/mol. The van der Waals surface area contributed by atoms with Crippen LogP contribution in [0.25, 0.3) is 0 Å². The average Bonchev–Trinajstić information content (AvgIpc) is 3.25. The molecule has 0 spiro atoms. The highest BCUT2D eigenvalue weighted by Crippen LogP contribution is 2.19. The lowest BCUT2D eigenvalue weighted by Crippen LogP contribution is -2.40. The van der Waals surface area contributed by atoms with E-state index >= 15 is 0 Å². The van der Waals surface area contributed by atoms with Gasteiger partial charge in [-0.3, -0.25) is 4.79 Å². The topological polar surface area (TPSA) is 118 Å². The van der Waals surface area contributed by atoms with Crippen LogP contribution in [0.3, 0.4) is 0 Å². The Balaban J connectivity index is 1.58. The number of halogens is 1. The number of carbonyl (C=O) groups excluding carboxylic acids is 2. The van der Waals surface area contributed by atoms with E-state index in [1.807, 2.05) is 0 Å². The molecule has 1 amide bonds. The number of aromatic nitrogens is 1. The number of benzene rings is 1. The fraction of sp³-hybridized carbons (Fsp3) is 0.368. The maximum atomic E-state index is 12.6. The lowest BCUT2D eigenvalue weighted by atomic mass is 10.2. The largest absolute Gasteiger partial charge is 0.448 e. The number of nitrogens with zero attached hydrogens (tertiary/aromatic N) is 1. The fourth-order valence-corrected chi connectivity index (χ4v) is 4.43. The van der Waals surface area contributed by atoms with Crippen molar-refractivity contribution in [3.63, 3.8) is 0 Å². The number of H-pyrrole nitrogens is 1. The van der Waals surface area contributed by atoms with Crippen LogP contribution < -0.4 is 5.32 Å². The van der Waals surface area contributed by atoms with Gasteiger partial charge in [0.2, 0.25) is 10.0 Å². The molecule has 1 aliphatic rings. The Labute approximate surface area is 179 Å². The zero-order valence-corrected chi connectivity index (χ0v) is 17.8. The van der Waals surface area contributed by atoms with Gasteiger partial charge < -0.3 is 19.8 Å². The molecule has 1 unspecified atom stereocenters. The molecule has 30 heavy (non-hydrogen) atoms. The fourth-order valence-electron chi connectivity index (χ4n) is 2.82. The van der Waals surface area contributed by atoms with E-state index in [1.165, 1.54) is 23.5 Å². The SMILES string of the molecule is CC(OC(=O)c1cc(S(=O)(=O)N2CCOCC2)c[nH]1)C(=O)NCc1ccccc1Cl. The number of ether oxygens (including phenoxy) is 2. The van der Waals surface area contributed by atoms with Gasteiger partial charge in [-0.05, 0) is 24.6 Å². The summed E-state index contributed by atoms with van der Waals surface area (Å²) in [5, 5.41) is 3.16. The third-order valence-electron chi connectivity index (χ3n) is 4.55. The number of nitrogens with one attached hydrogen (secondary N) is 2. The van der Waals surface area contributed by atoms with Gasteiger partial charge in [-0.2, -0.15) is 4.31 Å². The van der Waals surface area contributed by atoms with E-state index in [0.29, 0.717) is 18.2 Å². The van der Waals surface area contributed by atoms with Gasteiger partial charge in [-0.15, -0.1) is 0 Å². The summed E-state index contributed by atoms with van der Waals surface area (Å²) >= 11 is 6.05. The quantitative estimate of drug-likeness (QED) is 0.611. The van der Waals surface area contributed by atoms with E-state index in [9.17, 15) is 18.0 Å². The number of hydrogen-bond donors (Lipinski definition) is 2. The molecule has 9 nitrogen and oxygen atoms in total. The normalized spacial score (nSPS) is 16.1. The molecule has 0 bridgehead atoms. The smallest absolute Gasteiger partial charge is 0.355 e. The monoisotopic (exact) mass is 455 g/mol. The molecule has 3 rings (SSSR count). The first-order valence-electron chi connectivity index (χ1n) is 9.27. The third-order valence-corrected chi connectivity index (χ3v) is 6.79. The van der Waals surface area contributed by atoms with Crippen LogP contribution in [0.2, 0.25) is 5.02 Å². The minimum atomic E-state index is -3.74. The predicted octanol–water partition coefficient (Wildman–Crippen LogP) is 1.55. The second-order valence-electron chi connectivity index (χ2n) is 6.62. The van der Waals surface area contributed by atoms with Crippen molar-refractivity contribution in [2.24, 2.45) is 0 Å². The van der Waals surface area contributed by atoms with Crippen molar-refractivity contribution in [1.82, 2.24) is 14.6 Å². The zero-order chi connectivity index (χ0) is 21.7. The van der Waals surface area contributed by atoms with E-state index in [2.05, 4.69) is 10.3 Å². The summed E-state index contributed by atoms with van der Waals surface area (Å²) in [4.78, 5) is 27.1. The summed E-state index contributed by atoms with van der Waals surface area (Å²) in [7, 11) is -3.74. The summed E-state index contributed by atoms with van der Waals surface area (Å²) in [6.07, 6.45) is 0.145. The first kappa shape index (κ1) is 22.3. The molecule has 0 radical (unpaired) electrons. The van der Waals surface area contributed by atoms with Crippen LogP contribution in [-0.2, 0) is 30.8 Å². The van der Waals surface area contributed by atoms with Crippen molar-refractivity contribution >= 4 is 33.5 Å². The van der Waals surface area contributed by atoms with E-state index < -0.39 is 28.0 Å². The summed E-state index contributed by atoms with van der Waals surface area (Å²) in [5.41, 5.74) is 0.668. The van der Waals surface area contributed by atoms with Crippen molar-refractivity contribution in [1.29, 1.82) is 0 Å². The summed E-state index contributed by atoms with van der Waals surface area (Å²) in [5.74, 6) is -1.34. The van der Waals surface area contributed by atoms with Gasteiger partial charge in [0.25, 0.3) is 5.91 Å². The highest BCUT2D eigenvalue weighted by Gasteiger charge is 2.29. The van der Waals surface area contributed by atoms with Gasteiger partial charge in [0.05, 0.1) is 13.2 Å². The lowest BCUT2D eigenvalue weighted by molar-refractivity contribution is -0.129. The van der Waals surface area contributed by atoms with E-state index in [0.717, 1.165) is 5.56 Å². The van der Waals surface area contributed by atoms with Gasteiger partial charge in [0.1, 0.15) is 10.6 Å². The van der Waals surface area contributed by atoms with E-state index in [-0.39, 0.29) is 30.2 Å². The number of sulfonamides is 1. The minimum absolute atomic E-state index is 0.0489. The van der Waals surface area contributed by atoms with Crippen molar-refractivity contribution in [2.45, 2.75) is 24.5 Å². The number of rotatable bonds is 7. The molecule has 2 aromatic rings. The zero-order valence-electron chi connectivity index (χ0n) is 16.3. The van der Waals surface area contributed by atoms with Gasteiger partial charge in [0.15, 0.2) is 6.10 Å². The molecule has 2 N–H and O–H groups in total. The molecule has 1 fully saturated rings. The van der Waals surface area contributed by atoms with Crippen molar-refractivity contribution in [3.8, 4) is 0 Å². The van der Waals surface area contributed by atoms with Gasteiger partial charge in [-0.1, -0.05) is 29.8 Å². The highest BCUT2D eigenvalue weighted by molar-refractivity contribution is 7.89. The van der Waals surface area contributed by atoms with Crippen LogP contribution >= 0.6 is 11.6 Å².